The number of aromatic nitrogens is 2. The third kappa shape index (κ3) is 3.94. The zero-order chi connectivity index (χ0) is 23.8. The number of nitrogens with one attached hydrogen (secondary N) is 2. The molecular weight excluding hydrogens is 441 g/mol. The van der Waals surface area contributed by atoms with E-state index in [0.717, 1.165) is 17.7 Å². The van der Waals surface area contributed by atoms with Crippen molar-refractivity contribution in [1.29, 1.82) is 0 Å². The molecule has 0 unspecified atom stereocenters. The van der Waals surface area contributed by atoms with Gasteiger partial charge < -0.3 is 25.3 Å². The van der Waals surface area contributed by atoms with Crippen molar-refractivity contribution in [2.75, 3.05) is 42.7 Å². The van der Waals surface area contributed by atoms with E-state index in [1.807, 2.05) is 13.8 Å². The van der Waals surface area contributed by atoms with Crippen LogP contribution in [-0.2, 0) is 9.47 Å². The van der Waals surface area contributed by atoms with Gasteiger partial charge in [-0.15, -0.1) is 0 Å². The Hall–Kier alpha value is -3.66. The van der Waals surface area contributed by atoms with Gasteiger partial charge in [0.25, 0.3) is 0 Å². The molecule has 0 bridgehead atoms. The zero-order valence-electron chi connectivity index (χ0n) is 19.0. The van der Waals surface area contributed by atoms with Gasteiger partial charge >= 0.3 is 6.09 Å². The van der Waals surface area contributed by atoms with Crippen molar-refractivity contribution >= 4 is 34.1 Å². The monoisotopic (exact) mass is 467 g/mol. The molecule has 0 aliphatic carbocycles. The van der Waals surface area contributed by atoms with E-state index >= 15 is 4.39 Å². The van der Waals surface area contributed by atoms with Crippen LogP contribution in [0.4, 0.5) is 26.4 Å². The predicted octanol–water partition coefficient (Wildman–Crippen LogP) is 4.10. The van der Waals surface area contributed by atoms with Crippen LogP contribution in [0.3, 0.4) is 0 Å². The standard InChI is InChI=1S/C24H26FN5O4/c1-3-13-10-32-11-18(13)34-24(31)30-19-7-14-6-15(20(25)21(26)17(14)9-28-19)16-8-29-23-22(12(16)2)27-4-5-33-23/h6-9,13,18,27H,3-5,10-11,26H2,1-2H3,(H,28,30,31)/t13-,18-/m1/s1. The largest absolute Gasteiger partial charge is 0.474 e. The lowest BCUT2D eigenvalue weighted by Gasteiger charge is -2.22. The van der Waals surface area contributed by atoms with Crippen molar-refractivity contribution in [3.8, 4) is 17.0 Å². The van der Waals surface area contributed by atoms with Crippen LogP contribution in [-0.4, -0.2) is 48.5 Å². The van der Waals surface area contributed by atoms with Crippen molar-refractivity contribution in [1.82, 2.24) is 9.97 Å². The molecule has 1 fully saturated rings. The lowest BCUT2D eigenvalue weighted by Crippen LogP contribution is -2.28. The molecule has 2 aliphatic heterocycles. The number of benzene rings is 1. The Labute approximate surface area is 195 Å². The fourth-order valence-electron chi connectivity index (χ4n) is 4.42. The van der Waals surface area contributed by atoms with Gasteiger partial charge in [-0.05, 0) is 36.4 Å². The van der Waals surface area contributed by atoms with E-state index in [2.05, 4.69) is 20.6 Å². The first-order valence-electron chi connectivity index (χ1n) is 11.3. The molecule has 4 heterocycles. The van der Waals surface area contributed by atoms with Gasteiger partial charge in [-0.2, -0.15) is 0 Å². The Balaban J connectivity index is 1.46. The number of ether oxygens (including phenoxy) is 3. The minimum absolute atomic E-state index is 0.0238. The van der Waals surface area contributed by atoms with Crippen molar-refractivity contribution in [2.45, 2.75) is 26.4 Å². The maximum Gasteiger partial charge on any atom is 0.413 e. The van der Waals surface area contributed by atoms with Gasteiger partial charge in [0.1, 0.15) is 24.2 Å². The van der Waals surface area contributed by atoms with Crippen LogP contribution in [0.1, 0.15) is 18.9 Å². The quantitative estimate of drug-likeness (QED) is 0.491. The average Bonchev–Trinajstić information content (AvgIpc) is 3.29. The molecule has 34 heavy (non-hydrogen) atoms. The summed E-state index contributed by atoms with van der Waals surface area (Å²) in [5, 5.41) is 6.97. The second kappa shape index (κ2) is 8.94. The van der Waals surface area contributed by atoms with Gasteiger partial charge in [-0.3, -0.25) is 5.32 Å². The number of nitrogens with two attached hydrogens (primary N) is 1. The summed E-state index contributed by atoms with van der Waals surface area (Å²) in [6, 6.07) is 3.32. The summed E-state index contributed by atoms with van der Waals surface area (Å²) in [5.41, 5.74) is 8.56. The fraction of sp³-hybridized carbons (Fsp3) is 0.375. The van der Waals surface area contributed by atoms with E-state index in [4.69, 9.17) is 19.9 Å². The molecule has 0 saturated carbocycles. The van der Waals surface area contributed by atoms with Crippen molar-refractivity contribution in [3.63, 3.8) is 0 Å². The zero-order valence-corrected chi connectivity index (χ0v) is 19.0. The Kier molecular flexibility index (Phi) is 5.82. The number of pyridine rings is 2. The summed E-state index contributed by atoms with van der Waals surface area (Å²) < 4.78 is 31.8. The lowest BCUT2D eigenvalue weighted by molar-refractivity contribution is 0.0816. The molecule has 0 spiro atoms. The van der Waals surface area contributed by atoms with E-state index in [9.17, 15) is 4.79 Å². The van der Waals surface area contributed by atoms with E-state index in [1.165, 1.54) is 6.20 Å². The summed E-state index contributed by atoms with van der Waals surface area (Å²) in [7, 11) is 0. The third-order valence-electron chi connectivity index (χ3n) is 6.39. The van der Waals surface area contributed by atoms with Crippen LogP contribution >= 0.6 is 0 Å². The van der Waals surface area contributed by atoms with Crippen molar-refractivity contribution < 1.29 is 23.4 Å². The highest BCUT2D eigenvalue weighted by Gasteiger charge is 2.30. The van der Waals surface area contributed by atoms with E-state index in [0.29, 0.717) is 54.1 Å². The molecule has 2 aromatic heterocycles. The van der Waals surface area contributed by atoms with E-state index in [-0.39, 0.29) is 23.5 Å². The van der Waals surface area contributed by atoms with Crippen LogP contribution in [0.25, 0.3) is 21.9 Å². The smallest absolute Gasteiger partial charge is 0.413 e. The molecule has 10 heteroatoms. The first-order valence-corrected chi connectivity index (χ1v) is 11.3. The Morgan fingerprint density at radius 3 is 2.97 bits per heavy atom. The number of amides is 1. The third-order valence-corrected chi connectivity index (χ3v) is 6.39. The lowest BCUT2D eigenvalue weighted by atomic mass is 9.97. The molecule has 1 aromatic carbocycles. The highest BCUT2D eigenvalue weighted by atomic mass is 19.1. The minimum Gasteiger partial charge on any atom is -0.474 e. The van der Waals surface area contributed by atoms with Gasteiger partial charge in [-0.1, -0.05) is 6.92 Å². The first kappa shape index (κ1) is 22.1. The molecule has 4 N–H and O–H groups in total. The number of carbonyl (C=O) groups is 1. The minimum atomic E-state index is -0.614. The normalized spacial score (nSPS) is 19.3. The van der Waals surface area contributed by atoms with Gasteiger partial charge in [0.2, 0.25) is 5.88 Å². The summed E-state index contributed by atoms with van der Waals surface area (Å²) in [6.07, 6.45) is 2.97. The van der Waals surface area contributed by atoms with Gasteiger partial charge in [0.15, 0.2) is 5.82 Å². The van der Waals surface area contributed by atoms with Gasteiger partial charge in [0, 0.05) is 41.4 Å². The Bertz CT molecular complexity index is 1270. The number of nitrogens with zero attached hydrogens (tertiary/aromatic N) is 2. The fourth-order valence-corrected chi connectivity index (χ4v) is 4.42. The predicted molar refractivity (Wildman–Crippen MR) is 127 cm³/mol. The molecule has 0 radical (unpaired) electrons. The molecule has 9 nitrogen and oxygen atoms in total. The number of halogens is 1. The highest BCUT2D eigenvalue weighted by molar-refractivity contribution is 5.99. The first-order chi connectivity index (χ1) is 16.5. The second-order valence-corrected chi connectivity index (χ2v) is 8.47. The Morgan fingerprint density at radius 1 is 1.29 bits per heavy atom. The van der Waals surface area contributed by atoms with Crippen molar-refractivity contribution in [3.05, 3.63) is 35.9 Å². The molecule has 5 rings (SSSR count). The van der Waals surface area contributed by atoms with Crippen LogP contribution in [0.2, 0.25) is 0 Å². The highest BCUT2D eigenvalue weighted by Crippen LogP contribution is 2.39. The molecule has 1 amide bonds. The maximum absolute atomic E-state index is 15.3. The van der Waals surface area contributed by atoms with E-state index in [1.54, 1.807) is 18.3 Å². The number of carbonyl (C=O) groups excluding carboxylic acids is 1. The Morgan fingerprint density at radius 2 is 2.15 bits per heavy atom. The number of rotatable bonds is 4. The van der Waals surface area contributed by atoms with Crippen LogP contribution < -0.4 is 21.1 Å². The van der Waals surface area contributed by atoms with Gasteiger partial charge in [0.05, 0.1) is 18.9 Å². The van der Waals surface area contributed by atoms with Gasteiger partial charge in [-0.25, -0.2) is 19.2 Å². The van der Waals surface area contributed by atoms with Crippen molar-refractivity contribution in [2.24, 2.45) is 5.92 Å². The number of hydrogen-bond acceptors (Lipinski definition) is 8. The molecule has 1 saturated heterocycles. The summed E-state index contributed by atoms with van der Waals surface area (Å²) in [4.78, 5) is 21.0. The summed E-state index contributed by atoms with van der Waals surface area (Å²) in [5.74, 6) is 0.391. The molecule has 2 atom stereocenters. The SMILES string of the molecule is CC[C@@H]1COC[C@H]1OC(=O)Nc1cc2cc(-c3cnc4c(c3C)NCCO4)c(F)c(N)c2cn1. The van der Waals surface area contributed by atoms with Crippen LogP contribution in [0, 0.1) is 18.7 Å². The molecule has 178 valence electrons. The summed E-state index contributed by atoms with van der Waals surface area (Å²) in [6.45, 7) is 6.03. The molecule has 2 aliphatic rings. The molecular formula is C24H26FN5O4. The van der Waals surface area contributed by atoms with E-state index < -0.39 is 11.9 Å². The maximum atomic E-state index is 15.3. The summed E-state index contributed by atoms with van der Waals surface area (Å²) >= 11 is 0. The van der Waals surface area contributed by atoms with Crippen LogP contribution in [0.5, 0.6) is 5.88 Å². The topological polar surface area (TPSA) is 121 Å². The number of nitrogen functional groups attached to an aromatic ring is 1. The average molecular weight is 468 g/mol. The van der Waals surface area contributed by atoms with Crippen LogP contribution in [0.15, 0.2) is 24.5 Å². The number of fused-ring (bicyclic) bond motifs is 2. The molecule has 3 aromatic rings. The number of hydrogen-bond donors (Lipinski definition) is 3. The number of anilines is 3. The second-order valence-electron chi connectivity index (χ2n) is 8.47.